The van der Waals surface area contributed by atoms with Gasteiger partial charge in [-0.1, -0.05) is 18.2 Å². The molecular formula is C22H21N3O4S2. The number of thiocarbonyl (C=S) groups is 1. The number of hydrogen-bond acceptors (Lipinski definition) is 5. The predicted molar refractivity (Wildman–Crippen MR) is 125 cm³/mol. The van der Waals surface area contributed by atoms with Gasteiger partial charge in [0.15, 0.2) is 5.11 Å². The molecule has 0 aliphatic carbocycles. The fraction of sp³-hybridized carbons (Fsp3) is 0.0909. The standard InChI is InChI=1S/C22H21N3O4S2/c1-2-25(18-7-4-3-5-8-18)31(27,28)20-13-10-17(11-14-20)23-22(30)24-21(26)15-12-19-9-6-16-29-19/h3-16H,2H2,1H3,(H2,23,24,26,30)/b15-12+. The van der Waals surface area contributed by atoms with Crippen LogP contribution in [-0.4, -0.2) is 26.0 Å². The van der Waals surface area contributed by atoms with Gasteiger partial charge in [-0.2, -0.15) is 0 Å². The van der Waals surface area contributed by atoms with Gasteiger partial charge in [-0.3, -0.25) is 14.4 Å². The molecule has 3 aromatic rings. The summed E-state index contributed by atoms with van der Waals surface area (Å²) >= 11 is 5.13. The highest BCUT2D eigenvalue weighted by Gasteiger charge is 2.23. The fourth-order valence-corrected chi connectivity index (χ4v) is 4.47. The van der Waals surface area contributed by atoms with Crippen molar-refractivity contribution in [3.05, 3.63) is 84.8 Å². The number of carbonyl (C=O) groups is 1. The lowest BCUT2D eigenvalue weighted by molar-refractivity contribution is -0.115. The lowest BCUT2D eigenvalue weighted by atomic mass is 10.3. The first-order valence-corrected chi connectivity index (χ1v) is 11.3. The Labute approximate surface area is 186 Å². The van der Waals surface area contributed by atoms with Crippen molar-refractivity contribution in [1.29, 1.82) is 0 Å². The van der Waals surface area contributed by atoms with Crippen LogP contribution in [0.1, 0.15) is 12.7 Å². The molecule has 0 atom stereocenters. The smallest absolute Gasteiger partial charge is 0.264 e. The van der Waals surface area contributed by atoms with Crippen LogP contribution >= 0.6 is 12.2 Å². The van der Waals surface area contributed by atoms with E-state index in [4.69, 9.17) is 16.6 Å². The van der Waals surface area contributed by atoms with Crippen LogP contribution in [0.25, 0.3) is 6.08 Å². The molecule has 0 aliphatic heterocycles. The van der Waals surface area contributed by atoms with Crippen molar-refractivity contribution < 1.29 is 17.6 Å². The van der Waals surface area contributed by atoms with Gasteiger partial charge >= 0.3 is 0 Å². The van der Waals surface area contributed by atoms with Crippen LogP contribution in [-0.2, 0) is 14.8 Å². The highest BCUT2D eigenvalue weighted by atomic mass is 32.2. The molecule has 1 aromatic heterocycles. The number of sulfonamides is 1. The zero-order valence-electron chi connectivity index (χ0n) is 16.7. The van der Waals surface area contributed by atoms with Gasteiger partial charge in [0, 0.05) is 18.3 Å². The lowest BCUT2D eigenvalue weighted by Crippen LogP contribution is -2.33. The van der Waals surface area contributed by atoms with E-state index >= 15 is 0 Å². The lowest BCUT2D eigenvalue weighted by Gasteiger charge is -2.23. The number of amides is 1. The van der Waals surface area contributed by atoms with Gasteiger partial charge in [0.25, 0.3) is 10.0 Å². The summed E-state index contributed by atoms with van der Waals surface area (Å²) in [4.78, 5) is 12.1. The third-order valence-electron chi connectivity index (χ3n) is 4.21. The third-order valence-corrected chi connectivity index (χ3v) is 6.33. The van der Waals surface area contributed by atoms with Crippen LogP contribution in [0.5, 0.6) is 0 Å². The van der Waals surface area contributed by atoms with Crippen molar-refractivity contribution in [2.45, 2.75) is 11.8 Å². The molecule has 0 radical (unpaired) electrons. The second-order valence-electron chi connectivity index (χ2n) is 6.32. The Morgan fingerprint density at radius 3 is 2.39 bits per heavy atom. The van der Waals surface area contributed by atoms with Crippen LogP contribution in [0.2, 0.25) is 0 Å². The van der Waals surface area contributed by atoms with E-state index in [-0.39, 0.29) is 10.0 Å². The summed E-state index contributed by atoms with van der Waals surface area (Å²) < 4.78 is 32.5. The summed E-state index contributed by atoms with van der Waals surface area (Å²) in [6.07, 6.45) is 4.32. The molecule has 0 fully saturated rings. The summed E-state index contributed by atoms with van der Waals surface area (Å²) in [7, 11) is -3.71. The summed E-state index contributed by atoms with van der Waals surface area (Å²) in [5.74, 6) is 0.122. The van der Waals surface area contributed by atoms with Gasteiger partial charge in [-0.25, -0.2) is 8.42 Å². The van der Waals surface area contributed by atoms with Crippen molar-refractivity contribution in [3.8, 4) is 0 Å². The monoisotopic (exact) mass is 455 g/mol. The Kier molecular flexibility index (Phi) is 7.22. The molecule has 0 bridgehead atoms. The third kappa shape index (κ3) is 5.80. The number of nitrogens with zero attached hydrogens (tertiary/aromatic N) is 1. The first-order chi connectivity index (χ1) is 14.9. The van der Waals surface area contributed by atoms with Crippen LogP contribution < -0.4 is 14.9 Å². The molecule has 0 aliphatic rings. The number of rotatable bonds is 7. The molecule has 160 valence electrons. The average Bonchev–Trinajstić information content (AvgIpc) is 3.27. The molecule has 0 spiro atoms. The normalized spacial score (nSPS) is 11.3. The van der Waals surface area contributed by atoms with E-state index in [1.165, 1.54) is 34.9 Å². The topological polar surface area (TPSA) is 91.7 Å². The number of benzene rings is 2. The molecule has 9 heteroatoms. The van der Waals surface area contributed by atoms with Gasteiger partial charge in [-0.15, -0.1) is 0 Å². The minimum Gasteiger partial charge on any atom is -0.465 e. The first-order valence-electron chi connectivity index (χ1n) is 9.41. The summed E-state index contributed by atoms with van der Waals surface area (Å²) in [5.41, 5.74) is 1.14. The Hall–Kier alpha value is -3.43. The predicted octanol–water partition coefficient (Wildman–Crippen LogP) is 4.02. The maximum absolute atomic E-state index is 13.0. The van der Waals surface area contributed by atoms with Crippen LogP contribution in [0.4, 0.5) is 11.4 Å². The van der Waals surface area contributed by atoms with E-state index in [1.54, 1.807) is 55.5 Å². The molecule has 2 N–H and O–H groups in total. The Morgan fingerprint density at radius 1 is 1.06 bits per heavy atom. The van der Waals surface area contributed by atoms with Gasteiger partial charge in [-0.05, 0) is 73.7 Å². The summed E-state index contributed by atoms with van der Waals surface area (Å²) in [6.45, 7) is 2.08. The van der Waals surface area contributed by atoms with Crippen LogP contribution in [0.3, 0.4) is 0 Å². The number of furan rings is 1. The molecule has 2 aromatic carbocycles. The van der Waals surface area contributed by atoms with E-state index in [9.17, 15) is 13.2 Å². The highest BCUT2D eigenvalue weighted by molar-refractivity contribution is 7.92. The van der Waals surface area contributed by atoms with Crippen molar-refractivity contribution in [2.24, 2.45) is 0 Å². The molecule has 1 heterocycles. The zero-order valence-corrected chi connectivity index (χ0v) is 18.3. The number of hydrogen-bond donors (Lipinski definition) is 2. The van der Waals surface area contributed by atoms with Crippen LogP contribution in [0, 0.1) is 0 Å². The van der Waals surface area contributed by atoms with Gasteiger partial charge in [0.2, 0.25) is 5.91 Å². The Morgan fingerprint density at radius 2 is 1.77 bits per heavy atom. The van der Waals surface area contributed by atoms with Gasteiger partial charge < -0.3 is 9.73 Å². The minimum atomic E-state index is -3.71. The zero-order chi connectivity index (χ0) is 22.3. The number of nitrogens with one attached hydrogen (secondary N) is 2. The molecule has 3 rings (SSSR count). The number of carbonyl (C=O) groups excluding carboxylic acids is 1. The summed E-state index contributed by atoms with van der Waals surface area (Å²) in [5, 5.41) is 5.45. The molecule has 31 heavy (non-hydrogen) atoms. The quantitative estimate of drug-likeness (QED) is 0.413. The average molecular weight is 456 g/mol. The molecule has 0 saturated heterocycles. The second-order valence-corrected chi connectivity index (χ2v) is 8.59. The number of anilines is 2. The second kappa shape index (κ2) is 10.1. The summed E-state index contributed by atoms with van der Waals surface area (Å²) in [6, 6.07) is 18.5. The van der Waals surface area contributed by atoms with E-state index in [2.05, 4.69) is 10.6 Å². The van der Waals surface area contributed by atoms with Gasteiger partial charge in [0.1, 0.15) is 5.76 Å². The van der Waals surface area contributed by atoms with Crippen molar-refractivity contribution in [2.75, 3.05) is 16.2 Å². The highest BCUT2D eigenvalue weighted by Crippen LogP contribution is 2.24. The van der Waals surface area contributed by atoms with E-state index in [0.29, 0.717) is 23.7 Å². The molecular weight excluding hydrogens is 434 g/mol. The number of para-hydroxylation sites is 1. The SMILES string of the molecule is CCN(c1ccccc1)S(=O)(=O)c1ccc(NC(=S)NC(=O)/C=C/c2ccco2)cc1. The maximum Gasteiger partial charge on any atom is 0.264 e. The van der Waals surface area contributed by atoms with Crippen LogP contribution in [0.15, 0.2) is 88.4 Å². The molecule has 1 amide bonds. The molecule has 0 unspecified atom stereocenters. The molecule has 7 nitrogen and oxygen atoms in total. The van der Waals surface area contributed by atoms with Crippen molar-refractivity contribution in [3.63, 3.8) is 0 Å². The largest absolute Gasteiger partial charge is 0.465 e. The van der Waals surface area contributed by atoms with Crippen molar-refractivity contribution >= 4 is 50.7 Å². The fourth-order valence-electron chi connectivity index (χ4n) is 2.78. The molecule has 0 saturated carbocycles. The van der Waals surface area contributed by atoms with Crippen molar-refractivity contribution in [1.82, 2.24) is 5.32 Å². The van der Waals surface area contributed by atoms with E-state index < -0.39 is 15.9 Å². The van der Waals surface area contributed by atoms with E-state index in [1.807, 2.05) is 6.07 Å². The minimum absolute atomic E-state index is 0.0872. The Balaban J connectivity index is 1.64. The Bertz CT molecular complexity index is 1160. The maximum atomic E-state index is 13.0. The first kappa shape index (κ1) is 22.3. The van der Waals surface area contributed by atoms with Gasteiger partial charge in [0.05, 0.1) is 16.8 Å². The van der Waals surface area contributed by atoms with E-state index in [0.717, 1.165) is 0 Å².